The third-order valence-electron chi connectivity index (χ3n) is 3.81. The maximum Gasteiger partial charge on any atom is 0.270 e. The van der Waals surface area contributed by atoms with Gasteiger partial charge in [-0.3, -0.25) is 14.9 Å². The van der Waals surface area contributed by atoms with Crippen LogP contribution in [0.5, 0.6) is 5.75 Å². The summed E-state index contributed by atoms with van der Waals surface area (Å²) in [6, 6.07) is 13.6. The van der Waals surface area contributed by atoms with E-state index in [1.54, 1.807) is 19.2 Å². The minimum absolute atomic E-state index is 0.0213. The fourth-order valence-electron chi connectivity index (χ4n) is 2.52. The number of carbonyl (C=O) groups is 1. The van der Waals surface area contributed by atoms with Crippen LogP contribution in [0.15, 0.2) is 58.7 Å². The van der Waals surface area contributed by atoms with Crippen LogP contribution < -0.4 is 10.1 Å². The molecule has 27 heavy (non-hydrogen) atoms. The number of nitrogens with zero attached hydrogens (tertiary/aromatic N) is 3. The summed E-state index contributed by atoms with van der Waals surface area (Å²) < 4.78 is 5.32. The van der Waals surface area contributed by atoms with Crippen LogP contribution >= 0.6 is 11.8 Å². The Morgan fingerprint density at radius 3 is 2.89 bits per heavy atom. The number of para-hydroxylation sites is 1. The molecule has 9 heteroatoms. The van der Waals surface area contributed by atoms with Gasteiger partial charge in [-0.2, -0.15) is 5.10 Å². The molecule has 1 atom stereocenters. The number of nitro benzene ring substituents is 1. The zero-order valence-corrected chi connectivity index (χ0v) is 15.2. The Balaban J connectivity index is 1.66. The lowest BCUT2D eigenvalue weighted by molar-refractivity contribution is -0.384. The van der Waals surface area contributed by atoms with E-state index in [2.05, 4.69) is 15.5 Å². The molecule has 1 heterocycles. The summed E-state index contributed by atoms with van der Waals surface area (Å²) in [6.07, 6.45) is 1.91. The van der Waals surface area contributed by atoms with Crippen molar-refractivity contribution < 1.29 is 14.5 Å². The predicted octanol–water partition coefficient (Wildman–Crippen LogP) is 2.77. The highest BCUT2D eigenvalue weighted by Crippen LogP contribution is 2.27. The zero-order chi connectivity index (χ0) is 19.2. The molecule has 2 aromatic carbocycles. The van der Waals surface area contributed by atoms with E-state index >= 15 is 0 Å². The second-order valence-electron chi connectivity index (χ2n) is 5.61. The SMILES string of the molecule is COc1ccccc1C[C@H]1S/C(=N/N=C\c2cccc([N+](=O)[O-])c2)NC1=O. The monoisotopic (exact) mass is 384 g/mol. The molecule has 1 saturated heterocycles. The maximum atomic E-state index is 12.2. The van der Waals surface area contributed by atoms with Crippen molar-refractivity contribution in [1.82, 2.24) is 5.32 Å². The number of nitro groups is 1. The molecule has 3 rings (SSSR count). The van der Waals surface area contributed by atoms with Gasteiger partial charge in [0.25, 0.3) is 5.69 Å². The molecule has 0 unspecified atom stereocenters. The molecule has 0 saturated carbocycles. The molecule has 0 spiro atoms. The highest BCUT2D eigenvalue weighted by molar-refractivity contribution is 8.15. The van der Waals surface area contributed by atoms with Crippen LogP contribution in [0.4, 0.5) is 5.69 Å². The number of benzene rings is 2. The Bertz CT molecular complexity index is 929. The van der Waals surface area contributed by atoms with Crippen LogP contribution in [0, 0.1) is 10.1 Å². The third kappa shape index (κ3) is 4.70. The zero-order valence-electron chi connectivity index (χ0n) is 14.4. The first kappa shape index (κ1) is 18.6. The highest BCUT2D eigenvalue weighted by atomic mass is 32.2. The molecule has 0 aromatic heterocycles. The molecule has 1 fully saturated rings. The number of methoxy groups -OCH3 is 1. The van der Waals surface area contributed by atoms with Crippen LogP contribution in [0.2, 0.25) is 0 Å². The summed E-state index contributed by atoms with van der Waals surface area (Å²) in [6.45, 7) is 0. The first-order valence-corrected chi connectivity index (χ1v) is 8.89. The van der Waals surface area contributed by atoms with E-state index in [1.807, 2.05) is 24.3 Å². The fraction of sp³-hybridized carbons (Fsp3) is 0.167. The Labute approximate surface area is 159 Å². The van der Waals surface area contributed by atoms with Gasteiger partial charge in [-0.05, 0) is 18.1 Å². The van der Waals surface area contributed by atoms with Gasteiger partial charge in [-0.1, -0.05) is 42.1 Å². The number of rotatable bonds is 6. The van der Waals surface area contributed by atoms with Gasteiger partial charge in [0.2, 0.25) is 5.91 Å². The van der Waals surface area contributed by atoms with Crippen molar-refractivity contribution in [3.05, 3.63) is 69.8 Å². The van der Waals surface area contributed by atoms with E-state index in [0.29, 0.717) is 17.2 Å². The summed E-state index contributed by atoms with van der Waals surface area (Å²) >= 11 is 1.29. The smallest absolute Gasteiger partial charge is 0.270 e. The number of thioether (sulfide) groups is 1. The number of non-ortho nitro benzene ring substituents is 1. The summed E-state index contributed by atoms with van der Waals surface area (Å²) in [5.74, 6) is 0.593. The number of hydrogen-bond acceptors (Lipinski definition) is 7. The lowest BCUT2D eigenvalue weighted by Gasteiger charge is -2.09. The second kappa shape index (κ2) is 8.45. The maximum absolute atomic E-state index is 12.2. The van der Waals surface area contributed by atoms with Crippen molar-refractivity contribution in [1.29, 1.82) is 0 Å². The number of hydrogen-bond donors (Lipinski definition) is 1. The van der Waals surface area contributed by atoms with E-state index in [0.717, 1.165) is 11.3 Å². The molecular weight excluding hydrogens is 368 g/mol. The van der Waals surface area contributed by atoms with E-state index in [9.17, 15) is 14.9 Å². The van der Waals surface area contributed by atoms with Gasteiger partial charge in [-0.25, -0.2) is 0 Å². The number of nitrogens with one attached hydrogen (secondary N) is 1. The number of amidine groups is 1. The summed E-state index contributed by atoms with van der Waals surface area (Å²) in [7, 11) is 1.59. The number of amides is 1. The molecule has 1 aliphatic heterocycles. The molecule has 1 amide bonds. The highest BCUT2D eigenvalue weighted by Gasteiger charge is 2.31. The molecule has 1 N–H and O–H groups in total. The lowest BCUT2D eigenvalue weighted by atomic mass is 10.1. The first-order chi connectivity index (χ1) is 13.1. The van der Waals surface area contributed by atoms with E-state index in [-0.39, 0.29) is 16.8 Å². The average molecular weight is 384 g/mol. The Morgan fingerprint density at radius 2 is 2.11 bits per heavy atom. The molecule has 0 radical (unpaired) electrons. The topological polar surface area (TPSA) is 106 Å². The quantitative estimate of drug-likeness (QED) is 0.468. The van der Waals surface area contributed by atoms with E-state index in [4.69, 9.17) is 4.74 Å². The van der Waals surface area contributed by atoms with Crippen molar-refractivity contribution in [2.75, 3.05) is 7.11 Å². The molecule has 138 valence electrons. The first-order valence-electron chi connectivity index (χ1n) is 8.01. The van der Waals surface area contributed by atoms with Gasteiger partial charge in [0.1, 0.15) is 5.75 Å². The second-order valence-corrected chi connectivity index (χ2v) is 6.80. The van der Waals surface area contributed by atoms with Crippen molar-refractivity contribution in [2.45, 2.75) is 11.7 Å². The predicted molar refractivity (Wildman–Crippen MR) is 104 cm³/mol. The van der Waals surface area contributed by atoms with Crippen molar-refractivity contribution in [2.24, 2.45) is 10.2 Å². The van der Waals surface area contributed by atoms with Crippen LogP contribution in [-0.2, 0) is 11.2 Å². The Hall–Kier alpha value is -3.20. The molecule has 2 aromatic rings. The normalized spacial score (nSPS) is 18.0. The van der Waals surface area contributed by atoms with Gasteiger partial charge < -0.3 is 10.1 Å². The standard InChI is InChI=1S/C18H16N4O4S/c1-26-15-8-3-2-6-13(15)10-16-17(23)20-18(27-16)21-19-11-12-5-4-7-14(9-12)22(24)25/h2-9,11,16H,10H2,1H3,(H,20,21,23)/b19-11-/t16-/m1/s1. The molecular formula is C18H16N4O4S. The third-order valence-corrected chi connectivity index (χ3v) is 4.88. The molecule has 0 aliphatic carbocycles. The van der Waals surface area contributed by atoms with Crippen molar-refractivity contribution in [3.63, 3.8) is 0 Å². The molecule has 8 nitrogen and oxygen atoms in total. The molecule has 1 aliphatic rings. The van der Waals surface area contributed by atoms with Crippen molar-refractivity contribution >= 4 is 34.7 Å². The number of ether oxygens (including phenoxy) is 1. The van der Waals surface area contributed by atoms with E-state index in [1.165, 1.54) is 30.1 Å². The largest absolute Gasteiger partial charge is 0.496 e. The van der Waals surface area contributed by atoms with Gasteiger partial charge in [0.05, 0.1) is 23.5 Å². The van der Waals surface area contributed by atoms with Gasteiger partial charge in [0.15, 0.2) is 5.17 Å². The average Bonchev–Trinajstić information content (AvgIpc) is 3.01. The molecule has 0 bridgehead atoms. The number of carbonyl (C=O) groups excluding carboxylic acids is 1. The van der Waals surface area contributed by atoms with Gasteiger partial charge in [0, 0.05) is 17.7 Å². The summed E-state index contributed by atoms with van der Waals surface area (Å²) in [5.41, 5.74) is 1.47. The Kier molecular flexibility index (Phi) is 5.82. The Morgan fingerprint density at radius 1 is 1.30 bits per heavy atom. The van der Waals surface area contributed by atoms with E-state index < -0.39 is 4.92 Å². The fourth-order valence-corrected chi connectivity index (χ4v) is 3.48. The summed E-state index contributed by atoms with van der Waals surface area (Å²) in [4.78, 5) is 22.5. The minimum atomic E-state index is -0.473. The van der Waals surface area contributed by atoms with Crippen molar-refractivity contribution in [3.8, 4) is 5.75 Å². The summed E-state index contributed by atoms with van der Waals surface area (Å²) in [5, 5.41) is 21.4. The van der Waals surface area contributed by atoms with Gasteiger partial charge in [-0.15, -0.1) is 5.10 Å². The van der Waals surface area contributed by atoms with Crippen LogP contribution in [0.3, 0.4) is 0 Å². The van der Waals surface area contributed by atoms with Crippen LogP contribution in [0.1, 0.15) is 11.1 Å². The lowest BCUT2D eigenvalue weighted by Crippen LogP contribution is -2.26. The van der Waals surface area contributed by atoms with Crippen LogP contribution in [-0.4, -0.2) is 34.6 Å². The van der Waals surface area contributed by atoms with Gasteiger partial charge >= 0.3 is 0 Å². The van der Waals surface area contributed by atoms with Crippen LogP contribution in [0.25, 0.3) is 0 Å². The minimum Gasteiger partial charge on any atom is -0.496 e.